The molecule has 0 aromatic carbocycles. The molecule has 3 heteroatoms. The van der Waals surface area contributed by atoms with Crippen LogP contribution in [0.15, 0.2) is 0 Å². The van der Waals surface area contributed by atoms with Gasteiger partial charge in [-0.25, -0.2) is 0 Å². The lowest BCUT2D eigenvalue weighted by Gasteiger charge is -2.24. The summed E-state index contributed by atoms with van der Waals surface area (Å²) in [6.07, 6.45) is 22.4. The highest BCUT2D eigenvalue weighted by atomic mass is 16.6. The maximum Gasteiger partial charge on any atom is 0.306 e. The summed E-state index contributed by atoms with van der Waals surface area (Å²) in [6, 6.07) is 0. The quantitative estimate of drug-likeness (QED) is 0.159. The summed E-state index contributed by atoms with van der Waals surface area (Å²) >= 11 is 0. The molecule has 1 aliphatic heterocycles. The maximum atomic E-state index is 12.0. The summed E-state index contributed by atoms with van der Waals surface area (Å²) in [5, 5.41) is 9.89. The van der Waals surface area contributed by atoms with Crippen molar-refractivity contribution in [3.63, 3.8) is 0 Å². The Hall–Kier alpha value is -0.570. The van der Waals surface area contributed by atoms with Crippen LogP contribution in [0, 0.1) is 11.8 Å². The molecule has 1 fully saturated rings. The topological polar surface area (TPSA) is 49.8 Å². The fourth-order valence-corrected chi connectivity index (χ4v) is 4.45. The van der Waals surface area contributed by atoms with Crippen molar-refractivity contribution in [3.8, 4) is 0 Å². The first kappa shape index (κ1) is 25.5. The molecule has 0 bridgehead atoms. The molecule has 1 rings (SSSR count). The van der Waals surface area contributed by atoms with E-state index in [4.69, 9.17) is 4.74 Å². The van der Waals surface area contributed by atoms with Gasteiger partial charge in [-0.15, -0.1) is 0 Å². The van der Waals surface area contributed by atoms with Crippen LogP contribution >= 0.6 is 0 Å². The Balaban J connectivity index is 2.36. The van der Waals surface area contributed by atoms with Crippen LogP contribution in [-0.2, 0) is 9.53 Å². The van der Waals surface area contributed by atoms with E-state index < -0.39 is 5.97 Å². The van der Waals surface area contributed by atoms with E-state index in [0.29, 0.717) is 12.0 Å². The molecule has 1 aliphatic rings. The lowest BCUT2D eigenvalue weighted by atomic mass is 9.80. The van der Waals surface area contributed by atoms with E-state index in [1.165, 1.54) is 77.0 Å². The third-order valence-corrected chi connectivity index (χ3v) is 6.44. The predicted molar refractivity (Wildman–Crippen MR) is 119 cm³/mol. The number of aliphatic carboxylic acids is 1. The molecule has 0 amide bonds. The molecule has 1 saturated heterocycles. The Bertz CT molecular complexity index is 349. The second-order valence-corrected chi connectivity index (χ2v) is 9.06. The Kier molecular flexibility index (Phi) is 15.7. The van der Waals surface area contributed by atoms with E-state index in [0.717, 1.165) is 45.1 Å². The molecule has 28 heavy (non-hydrogen) atoms. The van der Waals surface area contributed by atoms with E-state index in [-0.39, 0.29) is 5.92 Å². The molecule has 0 spiro atoms. The molecule has 166 valence electrons. The van der Waals surface area contributed by atoms with Crippen molar-refractivity contribution in [1.29, 1.82) is 0 Å². The Morgan fingerprint density at radius 2 is 1.25 bits per heavy atom. The molecule has 0 radical (unpaired) electrons. The van der Waals surface area contributed by atoms with Gasteiger partial charge >= 0.3 is 5.97 Å². The number of carboxylic acid groups (broad SMARTS) is 1. The van der Waals surface area contributed by atoms with Gasteiger partial charge in [0.15, 0.2) is 0 Å². The molecule has 2 unspecified atom stereocenters. The zero-order valence-electron chi connectivity index (χ0n) is 18.9. The van der Waals surface area contributed by atoms with Crippen LogP contribution in [0.2, 0.25) is 0 Å². The van der Waals surface area contributed by atoms with E-state index in [2.05, 4.69) is 13.8 Å². The maximum absolute atomic E-state index is 12.0. The summed E-state index contributed by atoms with van der Waals surface area (Å²) in [5.74, 6) is -0.303. The van der Waals surface area contributed by atoms with Gasteiger partial charge in [-0.1, -0.05) is 104 Å². The first-order valence-electron chi connectivity index (χ1n) is 12.5. The minimum atomic E-state index is -0.551. The molecule has 0 aliphatic carbocycles. The molecule has 0 aromatic heterocycles. The van der Waals surface area contributed by atoms with Crippen LogP contribution in [-0.4, -0.2) is 23.8 Å². The van der Waals surface area contributed by atoms with Gasteiger partial charge in [0.2, 0.25) is 0 Å². The SMILES string of the molecule is CCCCCCCCC(CCCCCCCC)C(CCCCC1CO1)C(=O)O. The van der Waals surface area contributed by atoms with Gasteiger partial charge in [-0.3, -0.25) is 4.79 Å². The molecule has 2 atom stereocenters. The highest BCUT2D eigenvalue weighted by Gasteiger charge is 2.27. The van der Waals surface area contributed by atoms with Crippen molar-refractivity contribution < 1.29 is 14.6 Å². The average molecular weight is 397 g/mol. The van der Waals surface area contributed by atoms with Crippen molar-refractivity contribution >= 4 is 5.97 Å². The van der Waals surface area contributed by atoms with Crippen LogP contribution in [0.5, 0.6) is 0 Å². The van der Waals surface area contributed by atoms with E-state index in [1.807, 2.05) is 0 Å². The number of epoxide rings is 1. The first-order chi connectivity index (χ1) is 13.7. The molecular formula is C25H48O3. The summed E-state index contributed by atoms with van der Waals surface area (Å²) in [7, 11) is 0. The average Bonchev–Trinajstić information content (AvgIpc) is 3.50. The monoisotopic (exact) mass is 396 g/mol. The molecule has 3 nitrogen and oxygen atoms in total. The third kappa shape index (κ3) is 13.6. The summed E-state index contributed by atoms with van der Waals surface area (Å²) in [4.78, 5) is 12.0. The minimum absolute atomic E-state index is 0.133. The van der Waals surface area contributed by atoms with Crippen molar-refractivity contribution in [2.75, 3.05) is 6.61 Å². The number of carbonyl (C=O) groups is 1. The van der Waals surface area contributed by atoms with Gasteiger partial charge in [0.25, 0.3) is 0 Å². The van der Waals surface area contributed by atoms with E-state index in [9.17, 15) is 9.90 Å². The van der Waals surface area contributed by atoms with Crippen molar-refractivity contribution in [2.45, 2.75) is 136 Å². The number of hydrogen-bond acceptors (Lipinski definition) is 2. The number of hydrogen-bond donors (Lipinski definition) is 1. The van der Waals surface area contributed by atoms with Gasteiger partial charge in [-0.2, -0.15) is 0 Å². The summed E-state index contributed by atoms with van der Waals surface area (Å²) in [5.41, 5.74) is 0. The number of rotatable bonds is 21. The Labute approximate surface area is 175 Å². The van der Waals surface area contributed by atoms with Crippen molar-refractivity contribution in [1.82, 2.24) is 0 Å². The fraction of sp³-hybridized carbons (Fsp3) is 0.960. The number of unbranched alkanes of at least 4 members (excludes halogenated alkanes) is 11. The Morgan fingerprint density at radius 3 is 1.71 bits per heavy atom. The number of ether oxygens (including phenoxy) is 1. The van der Waals surface area contributed by atoms with E-state index >= 15 is 0 Å². The van der Waals surface area contributed by atoms with Gasteiger partial charge in [0.1, 0.15) is 0 Å². The lowest BCUT2D eigenvalue weighted by molar-refractivity contribution is -0.144. The van der Waals surface area contributed by atoms with Gasteiger partial charge in [-0.05, 0) is 31.6 Å². The van der Waals surface area contributed by atoms with Gasteiger partial charge < -0.3 is 9.84 Å². The zero-order chi connectivity index (χ0) is 20.5. The summed E-state index contributed by atoms with van der Waals surface area (Å²) < 4.78 is 5.28. The third-order valence-electron chi connectivity index (χ3n) is 6.44. The molecular weight excluding hydrogens is 348 g/mol. The fourth-order valence-electron chi connectivity index (χ4n) is 4.45. The molecule has 1 N–H and O–H groups in total. The second-order valence-electron chi connectivity index (χ2n) is 9.06. The molecule has 0 saturated carbocycles. The molecule has 0 aromatic rings. The lowest BCUT2D eigenvalue weighted by Crippen LogP contribution is -2.24. The van der Waals surface area contributed by atoms with E-state index in [1.54, 1.807) is 0 Å². The smallest absolute Gasteiger partial charge is 0.306 e. The largest absolute Gasteiger partial charge is 0.481 e. The van der Waals surface area contributed by atoms with Crippen molar-refractivity contribution in [3.05, 3.63) is 0 Å². The number of carboxylic acids is 1. The first-order valence-corrected chi connectivity index (χ1v) is 12.5. The van der Waals surface area contributed by atoms with Crippen LogP contribution in [0.25, 0.3) is 0 Å². The second kappa shape index (κ2) is 17.3. The van der Waals surface area contributed by atoms with Gasteiger partial charge in [0.05, 0.1) is 18.6 Å². The highest BCUT2D eigenvalue weighted by Crippen LogP contribution is 2.30. The normalized spacial score (nSPS) is 17.2. The van der Waals surface area contributed by atoms with Crippen LogP contribution < -0.4 is 0 Å². The highest BCUT2D eigenvalue weighted by molar-refractivity contribution is 5.70. The van der Waals surface area contributed by atoms with Crippen LogP contribution in [0.4, 0.5) is 0 Å². The predicted octanol–water partition coefficient (Wildman–Crippen LogP) is 7.76. The van der Waals surface area contributed by atoms with Crippen LogP contribution in [0.3, 0.4) is 0 Å². The standard InChI is InChI=1S/C25H48O3/c1-3-5-7-9-11-13-17-22(18-14-12-10-8-6-4-2)24(25(26)27)20-16-15-19-23-21-28-23/h22-24H,3-21H2,1-2H3,(H,26,27). The molecule has 1 heterocycles. The summed E-state index contributed by atoms with van der Waals surface area (Å²) in [6.45, 7) is 5.42. The Morgan fingerprint density at radius 1 is 0.786 bits per heavy atom. The van der Waals surface area contributed by atoms with Crippen LogP contribution in [0.1, 0.15) is 129 Å². The van der Waals surface area contributed by atoms with Gasteiger partial charge in [0, 0.05) is 0 Å². The minimum Gasteiger partial charge on any atom is -0.481 e. The zero-order valence-corrected chi connectivity index (χ0v) is 18.9. The van der Waals surface area contributed by atoms with Crippen molar-refractivity contribution in [2.24, 2.45) is 11.8 Å².